The van der Waals surface area contributed by atoms with Crippen molar-refractivity contribution >= 4 is 8.07 Å². The molecule has 2 saturated carbocycles. The van der Waals surface area contributed by atoms with Gasteiger partial charge >= 0.3 is 0 Å². The molecule has 2 heteroatoms. The third-order valence-corrected chi connectivity index (χ3v) is 6.78. The van der Waals surface area contributed by atoms with E-state index in [4.69, 9.17) is 0 Å². The van der Waals surface area contributed by atoms with Crippen molar-refractivity contribution in [1.82, 2.24) is 5.32 Å². The van der Waals surface area contributed by atoms with Crippen molar-refractivity contribution in [2.24, 2.45) is 23.2 Å². The second-order valence-electron chi connectivity index (χ2n) is 8.70. The van der Waals surface area contributed by atoms with Gasteiger partial charge in [0.25, 0.3) is 0 Å². The molecule has 0 aromatic rings. The fourth-order valence-electron chi connectivity index (χ4n) is 4.72. The Hall–Kier alpha value is 0.177. The van der Waals surface area contributed by atoms with Gasteiger partial charge < -0.3 is 5.32 Å². The van der Waals surface area contributed by atoms with Gasteiger partial charge in [0, 0.05) is 14.6 Å². The van der Waals surface area contributed by atoms with Crippen LogP contribution in [0.3, 0.4) is 0 Å². The summed E-state index contributed by atoms with van der Waals surface area (Å²) < 4.78 is 0. The monoisotopic (exact) mass is 267 g/mol. The lowest BCUT2D eigenvalue weighted by molar-refractivity contribution is 0.179. The van der Waals surface area contributed by atoms with Gasteiger partial charge in [0.05, 0.1) is 0 Å². The third-order valence-electron chi connectivity index (χ3n) is 5.01. The Labute approximate surface area is 115 Å². The molecule has 0 spiro atoms. The van der Waals surface area contributed by atoms with E-state index in [0.717, 1.165) is 17.8 Å². The van der Waals surface area contributed by atoms with E-state index in [0.29, 0.717) is 5.41 Å². The zero-order valence-electron chi connectivity index (χ0n) is 13.2. The maximum absolute atomic E-state index is 3.80. The Morgan fingerprint density at radius 1 is 1.22 bits per heavy atom. The summed E-state index contributed by atoms with van der Waals surface area (Å²) in [5, 5.41) is 3.80. The molecule has 3 atom stereocenters. The van der Waals surface area contributed by atoms with Gasteiger partial charge in [-0.05, 0) is 49.0 Å². The first-order valence-corrected chi connectivity index (χ1v) is 11.7. The summed E-state index contributed by atoms with van der Waals surface area (Å²) in [5.74, 6) is 2.91. The highest BCUT2D eigenvalue weighted by atomic mass is 28.3. The quantitative estimate of drug-likeness (QED) is 0.704. The van der Waals surface area contributed by atoms with Crippen molar-refractivity contribution in [2.45, 2.75) is 65.2 Å². The average molecular weight is 268 g/mol. The van der Waals surface area contributed by atoms with Gasteiger partial charge in [-0.25, -0.2) is 0 Å². The minimum absolute atomic E-state index is 0.683. The summed E-state index contributed by atoms with van der Waals surface area (Å²) >= 11 is 0. The second-order valence-corrected chi connectivity index (χ2v) is 14.2. The molecule has 2 aliphatic carbocycles. The molecular formula is C16H33NSi. The minimum Gasteiger partial charge on any atom is -0.316 e. The van der Waals surface area contributed by atoms with Gasteiger partial charge in [0.15, 0.2) is 0 Å². The van der Waals surface area contributed by atoms with Gasteiger partial charge in [-0.1, -0.05) is 46.0 Å². The second kappa shape index (κ2) is 5.28. The van der Waals surface area contributed by atoms with Crippen LogP contribution < -0.4 is 5.32 Å². The van der Waals surface area contributed by atoms with Gasteiger partial charge in [0.1, 0.15) is 0 Å². The SMILES string of the molecule is CC(C)CNCC1(C[Si](C)(C)C)CC2CCC1C2. The van der Waals surface area contributed by atoms with E-state index in [1.54, 1.807) is 12.5 Å². The van der Waals surface area contributed by atoms with Crippen LogP contribution in [0.4, 0.5) is 0 Å². The van der Waals surface area contributed by atoms with Crippen LogP contribution in [0.15, 0.2) is 0 Å². The lowest BCUT2D eigenvalue weighted by Gasteiger charge is -2.42. The molecular weight excluding hydrogens is 234 g/mol. The first-order chi connectivity index (χ1) is 8.31. The lowest BCUT2D eigenvalue weighted by Crippen LogP contribution is -2.44. The Morgan fingerprint density at radius 2 is 1.94 bits per heavy atom. The number of hydrogen-bond acceptors (Lipinski definition) is 1. The van der Waals surface area contributed by atoms with Crippen LogP contribution in [0.25, 0.3) is 0 Å². The fourth-order valence-corrected chi connectivity index (χ4v) is 7.39. The number of hydrogen-bond donors (Lipinski definition) is 1. The van der Waals surface area contributed by atoms with Gasteiger partial charge in [-0.2, -0.15) is 0 Å². The van der Waals surface area contributed by atoms with Crippen molar-refractivity contribution in [3.8, 4) is 0 Å². The molecule has 106 valence electrons. The van der Waals surface area contributed by atoms with Crippen LogP contribution in [0.2, 0.25) is 25.7 Å². The summed E-state index contributed by atoms with van der Waals surface area (Å²) in [6.07, 6.45) is 6.14. The van der Waals surface area contributed by atoms with E-state index in [-0.39, 0.29) is 0 Å². The zero-order valence-corrected chi connectivity index (χ0v) is 14.2. The Morgan fingerprint density at radius 3 is 2.39 bits per heavy atom. The highest BCUT2D eigenvalue weighted by Gasteiger charge is 2.51. The smallest absolute Gasteiger partial charge is 0.0448 e. The van der Waals surface area contributed by atoms with Crippen molar-refractivity contribution in [2.75, 3.05) is 13.1 Å². The highest BCUT2D eigenvalue weighted by molar-refractivity contribution is 6.76. The summed E-state index contributed by atoms with van der Waals surface area (Å²) in [6.45, 7) is 14.8. The van der Waals surface area contributed by atoms with Gasteiger partial charge in [-0.15, -0.1) is 0 Å². The standard InChI is InChI=1S/C16H33NSi/c1-13(2)10-17-11-16(12-18(3,4)5)9-14-6-7-15(16)8-14/h13-15,17H,6-12H2,1-5H3. The molecule has 1 nitrogen and oxygen atoms in total. The van der Waals surface area contributed by atoms with Crippen LogP contribution in [-0.2, 0) is 0 Å². The molecule has 1 N–H and O–H groups in total. The number of fused-ring (bicyclic) bond motifs is 2. The van der Waals surface area contributed by atoms with Gasteiger partial charge in [-0.3, -0.25) is 0 Å². The molecule has 0 saturated heterocycles. The van der Waals surface area contributed by atoms with Crippen LogP contribution >= 0.6 is 0 Å². The normalized spacial score (nSPS) is 35.7. The Bertz CT molecular complexity index is 281. The molecule has 3 unspecified atom stereocenters. The van der Waals surface area contributed by atoms with Crippen LogP contribution in [-0.4, -0.2) is 21.2 Å². The molecule has 2 fully saturated rings. The van der Waals surface area contributed by atoms with Crippen LogP contribution in [0.1, 0.15) is 39.5 Å². The summed E-state index contributed by atoms with van der Waals surface area (Å²) in [7, 11) is -0.949. The van der Waals surface area contributed by atoms with E-state index in [1.165, 1.54) is 32.4 Å². The minimum atomic E-state index is -0.949. The Kier molecular flexibility index (Phi) is 4.28. The zero-order chi connectivity index (χ0) is 13.4. The molecule has 2 bridgehead atoms. The number of nitrogens with one attached hydrogen (secondary N) is 1. The summed E-state index contributed by atoms with van der Waals surface area (Å²) in [6, 6.07) is 1.55. The predicted molar refractivity (Wildman–Crippen MR) is 83.7 cm³/mol. The molecule has 0 amide bonds. The topological polar surface area (TPSA) is 12.0 Å². The van der Waals surface area contributed by atoms with E-state index in [2.05, 4.69) is 38.8 Å². The fraction of sp³-hybridized carbons (Fsp3) is 1.00. The Balaban J connectivity index is 1.99. The van der Waals surface area contributed by atoms with Crippen LogP contribution in [0, 0.1) is 23.2 Å². The third kappa shape index (κ3) is 3.39. The molecule has 2 rings (SSSR count). The van der Waals surface area contributed by atoms with E-state index >= 15 is 0 Å². The predicted octanol–water partition coefficient (Wildman–Crippen LogP) is 4.38. The summed E-state index contributed by atoms with van der Waals surface area (Å²) in [4.78, 5) is 0. The number of rotatable bonds is 6. The van der Waals surface area contributed by atoms with Crippen LogP contribution in [0.5, 0.6) is 0 Å². The van der Waals surface area contributed by atoms with E-state index in [9.17, 15) is 0 Å². The van der Waals surface area contributed by atoms with Crippen molar-refractivity contribution in [1.29, 1.82) is 0 Å². The van der Waals surface area contributed by atoms with E-state index < -0.39 is 8.07 Å². The highest BCUT2D eigenvalue weighted by Crippen LogP contribution is 2.58. The molecule has 0 aromatic heterocycles. The maximum Gasteiger partial charge on any atom is 0.0448 e. The maximum atomic E-state index is 3.80. The van der Waals surface area contributed by atoms with Crippen molar-refractivity contribution < 1.29 is 0 Å². The van der Waals surface area contributed by atoms with Gasteiger partial charge in [0.2, 0.25) is 0 Å². The molecule has 2 aliphatic rings. The molecule has 0 aliphatic heterocycles. The van der Waals surface area contributed by atoms with Crippen molar-refractivity contribution in [3.05, 3.63) is 0 Å². The average Bonchev–Trinajstić information content (AvgIpc) is 2.73. The van der Waals surface area contributed by atoms with E-state index in [1.807, 2.05) is 0 Å². The molecule has 0 heterocycles. The summed E-state index contributed by atoms with van der Waals surface area (Å²) in [5.41, 5.74) is 0.683. The lowest BCUT2D eigenvalue weighted by atomic mass is 9.74. The molecule has 0 radical (unpaired) electrons. The molecule has 0 aromatic carbocycles. The first-order valence-electron chi connectivity index (χ1n) is 8.01. The largest absolute Gasteiger partial charge is 0.316 e. The first kappa shape index (κ1) is 14.6. The van der Waals surface area contributed by atoms with Crippen molar-refractivity contribution in [3.63, 3.8) is 0 Å². The molecule has 18 heavy (non-hydrogen) atoms.